The van der Waals surface area contributed by atoms with Crippen molar-refractivity contribution in [2.24, 2.45) is 0 Å². The Balaban J connectivity index is 1.98. The number of rotatable bonds is 7. The van der Waals surface area contributed by atoms with Crippen molar-refractivity contribution in [3.63, 3.8) is 0 Å². The van der Waals surface area contributed by atoms with E-state index in [9.17, 15) is 9.59 Å². The van der Waals surface area contributed by atoms with Gasteiger partial charge in [0.25, 0.3) is 5.56 Å². The number of aryl methyl sites for hydroxylation is 1. The summed E-state index contributed by atoms with van der Waals surface area (Å²) in [5, 5.41) is 6.63. The average molecular weight is 381 g/mol. The molecule has 0 bridgehead atoms. The Bertz CT molecular complexity index is 744. The van der Waals surface area contributed by atoms with Gasteiger partial charge in [0.05, 0.1) is 17.2 Å². The van der Waals surface area contributed by atoms with Crippen LogP contribution >= 0.6 is 15.9 Å². The van der Waals surface area contributed by atoms with Gasteiger partial charge in [-0.3, -0.25) is 14.2 Å². The van der Waals surface area contributed by atoms with Crippen molar-refractivity contribution in [3.05, 3.63) is 39.4 Å². The maximum absolute atomic E-state index is 12.4. The first-order chi connectivity index (χ1) is 11.0. The molecule has 124 valence electrons. The summed E-state index contributed by atoms with van der Waals surface area (Å²) in [6.07, 6.45) is 1.74. The van der Waals surface area contributed by atoms with Crippen LogP contribution in [0.15, 0.2) is 33.8 Å². The van der Waals surface area contributed by atoms with E-state index in [0.717, 1.165) is 11.0 Å². The zero-order chi connectivity index (χ0) is 16.8. The normalized spacial score (nSPS) is 12.3. The number of hydrogen-bond acceptors (Lipinski definition) is 4. The van der Waals surface area contributed by atoms with Crippen LogP contribution in [0.5, 0.6) is 0 Å². The highest BCUT2D eigenvalue weighted by Gasteiger charge is 2.08. The Morgan fingerprint density at radius 2 is 2.22 bits per heavy atom. The monoisotopic (exact) mass is 380 g/mol. The minimum absolute atomic E-state index is 0.0732. The van der Waals surface area contributed by atoms with Crippen molar-refractivity contribution in [2.75, 3.05) is 13.1 Å². The van der Waals surface area contributed by atoms with Crippen molar-refractivity contribution >= 4 is 32.7 Å². The van der Waals surface area contributed by atoms with Crippen LogP contribution < -0.4 is 16.2 Å². The quantitative estimate of drug-likeness (QED) is 0.765. The van der Waals surface area contributed by atoms with Crippen LogP contribution in [-0.4, -0.2) is 34.6 Å². The lowest BCUT2D eigenvalue weighted by Gasteiger charge is -2.13. The van der Waals surface area contributed by atoms with Gasteiger partial charge in [-0.1, -0.05) is 22.9 Å². The fourth-order valence-electron chi connectivity index (χ4n) is 2.29. The standard InChI is InChI=1S/C16H21BrN4O2/c1-3-18-11(2)9-19-15(22)6-7-21-10-20-14-5-4-12(17)8-13(14)16(21)23/h4-5,8,10-11,18H,3,6-7,9H2,1-2H3,(H,19,22)/t11-/m1/s1. The summed E-state index contributed by atoms with van der Waals surface area (Å²) in [7, 11) is 0. The first-order valence-electron chi connectivity index (χ1n) is 7.66. The minimum Gasteiger partial charge on any atom is -0.354 e. The molecular formula is C16H21BrN4O2. The van der Waals surface area contributed by atoms with E-state index in [1.165, 1.54) is 10.9 Å². The van der Waals surface area contributed by atoms with Gasteiger partial charge < -0.3 is 10.6 Å². The lowest BCUT2D eigenvalue weighted by atomic mass is 10.2. The van der Waals surface area contributed by atoms with Crippen LogP contribution in [0, 0.1) is 0 Å². The SMILES string of the molecule is CCN[C@H](C)CNC(=O)CCn1cnc2ccc(Br)cc2c1=O. The molecule has 0 aliphatic carbocycles. The van der Waals surface area contributed by atoms with E-state index < -0.39 is 0 Å². The molecule has 1 aromatic carbocycles. The molecule has 1 amide bonds. The molecule has 1 atom stereocenters. The molecular weight excluding hydrogens is 360 g/mol. The summed E-state index contributed by atoms with van der Waals surface area (Å²) in [6.45, 7) is 5.79. The Morgan fingerprint density at radius 1 is 1.43 bits per heavy atom. The number of likely N-dealkylation sites (N-methyl/N-ethyl adjacent to an activating group) is 1. The number of carbonyl (C=O) groups excluding carboxylic acids is 1. The topological polar surface area (TPSA) is 76.0 Å². The summed E-state index contributed by atoms with van der Waals surface area (Å²) >= 11 is 3.35. The number of nitrogens with zero attached hydrogens (tertiary/aromatic N) is 2. The number of benzene rings is 1. The maximum atomic E-state index is 12.4. The lowest BCUT2D eigenvalue weighted by molar-refractivity contribution is -0.121. The Kier molecular flexibility index (Phi) is 6.29. The highest BCUT2D eigenvalue weighted by Crippen LogP contribution is 2.14. The molecule has 23 heavy (non-hydrogen) atoms. The van der Waals surface area contributed by atoms with E-state index in [1.807, 2.05) is 19.9 Å². The predicted molar refractivity (Wildman–Crippen MR) is 94.5 cm³/mol. The zero-order valence-corrected chi connectivity index (χ0v) is 14.9. The van der Waals surface area contributed by atoms with Crippen LogP contribution in [0.25, 0.3) is 10.9 Å². The minimum atomic E-state index is -0.134. The molecule has 7 heteroatoms. The van der Waals surface area contributed by atoms with Crippen LogP contribution in [0.4, 0.5) is 0 Å². The van der Waals surface area contributed by atoms with Crippen molar-refractivity contribution in [2.45, 2.75) is 32.9 Å². The number of nitrogens with one attached hydrogen (secondary N) is 2. The second kappa shape index (κ2) is 8.21. The van der Waals surface area contributed by atoms with Gasteiger partial charge in [0.2, 0.25) is 5.91 Å². The van der Waals surface area contributed by atoms with Crippen LogP contribution in [0.2, 0.25) is 0 Å². The number of hydrogen-bond donors (Lipinski definition) is 2. The number of fused-ring (bicyclic) bond motifs is 1. The molecule has 1 aromatic heterocycles. The fourth-order valence-corrected chi connectivity index (χ4v) is 2.65. The third-order valence-corrected chi connectivity index (χ3v) is 4.02. The van der Waals surface area contributed by atoms with Gasteiger partial charge in [0.1, 0.15) is 0 Å². The highest BCUT2D eigenvalue weighted by molar-refractivity contribution is 9.10. The molecule has 0 unspecified atom stereocenters. The summed E-state index contributed by atoms with van der Waals surface area (Å²) in [5.74, 6) is -0.0732. The molecule has 0 fully saturated rings. The summed E-state index contributed by atoms with van der Waals surface area (Å²) in [5.41, 5.74) is 0.517. The first kappa shape index (κ1) is 17.6. The predicted octanol–water partition coefficient (Wildman–Crippen LogP) is 1.66. The van der Waals surface area contributed by atoms with Gasteiger partial charge in [-0.25, -0.2) is 4.98 Å². The van der Waals surface area contributed by atoms with Gasteiger partial charge >= 0.3 is 0 Å². The fraction of sp³-hybridized carbons (Fsp3) is 0.438. The number of amides is 1. The molecule has 2 rings (SSSR count). The second-order valence-electron chi connectivity index (χ2n) is 5.42. The molecule has 1 heterocycles. The Labute approximate surface area is 143 Å². The summed E-state index contributed by atoms with van der Waals surface area (Å²) < 4.78 is 2.30. The Morgan fingerprint density at radius 3 is 2.96 bits per heavy atom. The third-order valence-electron chi connectivity index (χ3n) is 3.52. The number of halogens is 1. The highest BCUT2D eigenvalue weighted by atomic mass is 79.9. The van der Waals surface area contributed by atoms with Crippen molar-refractivity contribution in [1.29, 1.82) is 0 Å². The van der Waals surface area contributed by atoms with Gasteiger partial charge in [-0.05, 0) is 31.7 Å². The van der Waals surface area contributed by atoms with Gasteiger partial charge in [-0.2, -0.15) is 0 Å². The smallest absolute Gasteiger partial charge is 0.261 e. The van der Waals surface area contributed by atoms with E-state index in [1.54, 1.807) is 12.1 Å². The van der Waals surface area contributed by atoms with Crippen LogP contribution in [0.3, 0.4) is 0 Å². The van der Waals surface area contributed by atoms with Crippen molar-refractivity contribution in [3.8, 4) is 0 Å². The van der Waals surface area contributed by atoms with Crippen LogP contribution in [-0.2, 0) is 11.3 Å². The van der Waals surface area contributed by atoms with Crippen molar-refractivity contribution < 1.29 is 4.79 Å². The summed E-state index contributed by atoms with van der Waals surface area (Å²) in [4.78, 5) is 28.5. The first-order valence-corrected chi connectivity index (χ1v) is 8.45. The zero-order valence-electron chi connectivity index (χ0n) is 13.3. The van der Waals surface area contributed by atoms with E-state index in [0.29, 0.717) is 24.0 Å². The lowest BCUT2D eigenvalue weighted by Crippen LogP contribution is -2.39. The third kappa shape index (κ3) is 4.87. The molecule has 0 saturated carbocycles. The maximum Gasteiger partial charge on any atom is 0.261 e. The molecule has 0 spiro atoms. The molecule has 0 radical (unpaired) electrons. The molecule has 6 nitrogen and oxygen atoms in total. The number of aromatic nitrogens is 2. The van der Waals surface area contributed by atoms with Crippen molar-refractivity contribution in [1.82, 2.24) is 20.2 Å². The van der Waals surface area contributed by atoms with Gasteiger partial charge in [-0.15, -0.1) is 0 Å². The van der Waals surface area contributed by atoms with E-state index in [-0.39, 0.29) is 23.9 Å². The van der Waals surface area contributed by atoms with Gasteiger partial charge in [0.15, 0.2) is 0 Å². The molecule has 2 N–H and O–H groups in total. The summed E-state index contributed by atoms with van der Waals surface area (Å²) in [6, 6.07) is 5.61. The van der Waals surface area contributed by atoms with Gasteiger partial charge in [0, 0.05) is 30.0 Å². The largest absolute Gasteiger partial charge is 0.354 e. The average Bonchev–Trinajstić information content (AvgIpc) is 2.53. The van der Waals surface area contributed by atoms with E-state index >= 15 is 0 Å². The Hall–Kier alpha value is -1.73. The van der Waals surface area contributed by atoms with E-state index in [4.69, 9.17) is 0 Å². The molecule has 0 saturated heterocycles. The molecule has 0 aliphatic heterocycles. The molecule has 0 aliphatic rings. The second-order valence-corrected chi connectivity index (χ2v) is 6.33. The number of carbonyl (C=O) groups is 1. The molecule has 2 aromatic rings. The van der Waals surface area contributed by atoms with E-state index in [2.05, 4.69) is 31.5 Å². The van der Waals surface area contributed by atoms with Crippen LogP contribution in [0.1, 0.15) is 20.3 Å².